The second kappa shape index (κ2) is 8.15. The van der Waals surface area contributed by atoms with Crippen LogP contribution in [-0.4, -0.2) is 31.4 Å². The van der Waals surface area contributed by atoms with Crippen LogP contribution in [0, 0.1) is 12.8 Å². The van der Waals surface area contributed by atoms with Crippen molar-refractivity contribution in [1.29, 1.82) is 0 Å². The molecule has 5 heteroatoms. The van der Waals surface area contributed by atoms with Crippen molar-refractivity contribution in [3.05, 3.63) is 59.2 Å². The summed E-state index contributed by atoms with van der Waals surface area (Å²) in [6, 6.07) is 13.7. The zero-order valence-corrected chi connectivity index (χ0v) is 16.3. The Kier molecular flexibility index (Phi) is 5.44. The first-order valence-corrected chi connectivity index (χ1v) is 10.1. The fraction of sp³-hybridized carbons (Fsp3) is 0.391. The summed E-state index contributed by atoms with van der Waals surface area (Å²) >= 11 is 0. The van der Waals surface area contributed by atoms with Gasteiger partial charge in [-0.1, -0.05) is 12.1 Å². The SMILES string of the molecule is Cc1cc(NC(=O)c2cccc(CC3CCNC3)c2)ccc1N1CCCC1=O. The number of carbonyl (C=O) groups excluding carboxylic acids is 2. The summed E-state index contributed by atoms with van der Waals surface area (Å²) in [5, 5.41) is 6.39. The molecule has 0 aliphatic carbocycles. The largest absolute Gasteiger partial charge is 0.322 e. The highest BCUT2D eigenvalue weighted by molar-refractivity contribution is 6.04. The average molecular weight is 377 g/mol. The molecule has 2 fully saturated rings. The summed E-state index contributed by atoms with van der Waals surface area (Å²) in [7, 11) is 0. The molecule has 2 aliphatic heterocycles. The zero-order chi connectivity index (χ0) is 19.5. The summed E-state index contributed by atoms with van der Waals surface area (Å²) in [5.74, 6) is 0.728. The molecule has 28 heavy (non-hydrogen) atoms. The van der Waals surface area contributed by atoms with Gasteiger partial charge in [-0.15, -0.1) is 0 Å². The Bertz CT molecular complexity index is 887. The van der Waals surface area contributed by atoms with Gasteiger partial charge in [0.1, 0.15) is 0 Å². The van der Waals surface area contributed by atoms with Crippen LogP contribution in [0.15, 0.2) is 42.5 Å². The molecule has 1 atom stereocenters. The molecule has 2 heterocycles. The molecule has 146 valence electrons. The van der Waals surface area contributed by atoms with Crippen molar-refractivity contribution in [2.24, 2.45) is 5.92 Å². The van der Waals surface area contributed by atoms with Crippen LogP contribution >= 0.6 is 0 Å². The van der Waals surface area contributed by atoms with Gasteiger partial charge < -0.3 is 15.5 Å². The van der Waals surface area contributed by atoms with Gasteiger partial charge in [0.25, 0.3) is 5.91 Å². The minimum absolute atomic E-state index is 0.101. The van der Waals surface area contributed by atoms with Gasteiger partial charge in [-0.25, -0.2) is 0 Å². The Morgan fingerprint density at radius 3 is 2.86 bits per heavy atom. The van der Waals surface area contributed by atoms with Gasteiger partial charge in [0.15, 0.2) is 0 Å². The molecule has 5 nitrogen and oxygen atoms in total. The van der Waals surface area contributed by atoms with E-state index in [1.165, 1.54) is 12.0 Å². The van der Waals surface area contributed by atoms with Crippen LogP contribution in [-0.2, 0) is 11.2 Å². The lowest BCUT2D eigenvalue weighted by Crippen LogP contribution is -2.24. The molecule has 2 N–H and O–H groups in total. The van der Waals surface area contributed by atoms with Gasteiger partial charge >= 0.3 is 0 Å². The molecule has 2 saturated heterocycles. The molecule has 0 bridgehead atoms. The van der Waals surface area contributed by atoms with Crippen molar-refractivity contribution in [1.82, 2.24) is 5.32 Å². The van der Waals surface area contributed by atoms with Gasteiger partial charge in [-0.2, -0.15) is 0 Å². The third kappa shape index (κ3) is 4.09. The number of hydrogen-bond donors (Lipinski definition) is 2. The summed E-state index contributed by atoms with van der Waals surface area (Å²) in [5.41, 5.74) is 4.58. The fourth-order valence-electron chi connectivity index (χ4n) is 4.20. The molecular weight excluding hydrogens is 350 g/mol. The maximum atomic E-state index is 12.7. The highest BCUT2D eigenvalue weighted by Crippen LogP contribution is 2.27. The van der Waals surface area contributed by atoms with E-state index in [1.54, 1.807) is 0 Å². The summed E-state index contributed by atoms with van der Waals surface area (Å²) in [6.45, 7) is 4.90. The Morgan fingerprint density at radius 2 is 2.14 bits per heavy atom. The molecule has 4 rings (SSSR count). The van der Waals surface area contributed by atoms with Crippen molar-refractivity contribution in [3.8, 4) is 0 Å². The maximum Gasteiger partial charge on any atom is 0.255 e. The van der Waals surface area contributed by atoms with E-state index in [0.717, 1.165) is 49.4 Å². The molecule has 0 saturated carbocycles. The van der Waals surface area contributed by atoms with E-state index in [1.807, 2.05) is 48.2 Å². The minimum Gasteiger partial charge on any atom is -0.322 e. The van der Waals surface area contributed by atoms with Gasteiger partial charge in [-0.05, 0) is 86.7 Å². The highest BCUT2D eigenvalue weighted by Gasteiger charge is 2.23. The standard InChI is InChI=1S/C23H27N3O2/c1-16-12-20(7-8-21(16)26-11-3-6-22(26)27)25-23(28)19-5-2-4-17(14-19)13-18-9-10-24-15-18/h2,4-5,7-8,12,14,18,24H,3,6,9-11,13,15H2,1H3,(H,25,28). The van der Waals surface area contributed by atoms with Crippen molar-refractivity contribution >= 4 is 23.2 Å². The first-order chi connectivity index (χ1) is 13.6. The van der Waals surface area contributed by atoms with Crippen molar-refractivity contribution in [2.75, 3.05) is 29.9 Å². The number of nitrogens with one attached hydrogen (secondary N) is 2. The zero-order valence-electron chi connectivity index (χ0n) is 16.3. The van der Waals surface area contributed by atoms with Crippen LogP contribution in [0.3, 0.4) is 0 Å². The molecule has 2 aromatic rings. The van der Waals surface area contributed by atoms with E-state index >= 15 is 0 Å². The van der Waals surface area contributed by atoms with E-state index < -0.39 is 0 Å². The third-order valence-electron chi connectivity index (χ3n) is 5.69. The lowest BCUT2D eigenvalue weighted by Gasteiger charge is -2.19. The quantitative estimate of drug-likeness (QED) is 0.838. The number of anilines is 2. The van der Waals surface area contributed by atoms with E-state index in [9.17, 15) is 9.59 Å². The second-order valence-corrected chi connectivity index (χ2v) is 7.87. The molecule has 2 aliphatic rings. The monoisotopic (exact) mass is 377 g/mol. The summed E-state index contributed by atoms with van der Waals surface area (Å²) in [4.78, 5) is 26.5. The number of carbonyl (C=O) groups is 2. The van der Waals surface area contributed by atoms with Gasteiger partial charge in [0.05, 0.1) is 0 Å². The summed E-state index contributed by atoms with van der Waals surface area (Å²) < 4.78 is 0. The van der Waals surface area contributed by atoms with Crippen LogP contribution in [0.2, 0.25) is 0 Å². The molecule has 2 amide bonds. The Balaban J connectivity index is 1.44. The maximum absolute atomic E-state index is 12.7. The molecule has 0 aromatic heterocycles. The predicted molar refractivity (Wildman–Crippen MR) is 112 cm³/mol. The number of aryl methyl sites for hydroxylation is 1. The Morgan fingerprint density at radius 1 is 1.25 bits per heavy atom. The van der Waals surface area contributed by atoms with Crippen LogP contribution in [0.1, 0.15) is 40.7 Å². The average Bonchev–Trinajstić information content (AvgIpc) is 3.34. The third-order valence-corrected chi connectivity index (χ3v) is 5.69. The van der Waals surface area contributed by atoms with Crippen molar-refractivity contribution in [2.45, 2.75) is 32.6 Å². The number of rotatable bonds is 5. The fourth-order valence-corrected chi connectivity index (χ4v) is 4.20. The Labute approximate surface area is 166 Å². The molecule has 2 aromatic carbocycles. The predicted octanol–water partition coefficient (Wildman–Crippen LogP) is 3.53. The van der Waals surface area contributed by atoms with E-state index in [0.29, 0.717) is 17.9 Å². The topological polar surface area (TPSA) is 61.4 Å². The van der Waals surface area contributed by atoms with E-state index in [4.69, 9.17) is 0 Å². The first kappa shape index (κ1) is 18.7. The molecule has 0 spiro atoms. The summed E-state index contributed by atoms with van der Waals surface area (Å²) in [6.07, 6.45) is 3.72. The van der Waals surface area contributed by atoms with Crippen LogP contribution < -0.4 is 15.5 Å². The highest BCUT2D eigenvalue weighted by atomic mass is 16.2. The number of amides is 2. The van der Waals surface area contributed by atoms with Crippen LogP contribution in [0.25, 0.3) is 0 Å². The number of nitrogens with zero attached hydrogens (tertiary/aromatic N) is 1. The molecule has 0 radical (unpaired) electrons. The van der Waals surface area contributed by atoms with Gasteiger partial charge in [-0.3, -0.25) is 9.59 Å². The van der Waals surface area contributed by atoms with Crippen molar-refractivity contribution < 1.29 is 9.59 Å². The lowest BCUT2D eigenvalue weighted by atomic mass is 9.97. The molecule has 1 unspecified atom stereocenters. The normalized spacial score (nSPS) is 19.2. The number of benzene rings is 2. The van der Waals surface area contributed by atoms with Gasteiger partial charge in [0.2, 0.25) is 5.91 Å². The van der Waals surface area contributed by atoms with Crippen LogP contribution in [0.4, 0.5) is 11.4 Å². The van der Waals surface area contributed by atoms with E-state index in [2.05, 4.69) is 16.7 Å². The lowest BCUT2D eigenvalue weighted by molar-refractivity contribution is -0.117. The minimum atomic E-state index is -0.101. The van der Waals surface area contributed by atoms with Gasteiger partial charge in [0, 0.05) is 29.9 Å². The first-order valence-electron chi connectivity index (χ1n) is 10.1. The smallest absolute Gasteiger partial charge is 0.255 e. The van der Waals surface area contributed by atoms with Crippen molar-refractivity contribution in [3.63, 3.8) is 0 Å². The second-order valence-electron chi connectivity index (χ2n) is 7.87. The number of hydrogen-bond acceptors (Lipinski definition) is 3. The Hall–Kier alpha value is -2.66. The van der Waals surface area contributed by atoms with Crippen LogP contribution in [0.5, 0.6) is 0 Å². The molecular formula is C23H27N3O2. The van der Waals surface area contributed by atoms with E-state index in [-0.39, 0.29) is 11.8 Å².